The average molecular weight is 378 g/mol. The number of carbonyl (C=O) groups is 1. The van der Waals surface area contributed by atoms with E-state index in [1.54, 1.807) is 24.3 Å². The number of ether oxygens (including phenoxy) is 2. The van der Waals surface area contributed by atoms with Crippen molar-refractivity contribution in [2.24, 2.45) is 5.73 Å². The predicted molar refractivity (Wildman–Crippen MR) is 97.5 cm³/mol. The van der Waals surface area contributed by atoms with Crippen molar-refractivity contribution in [1.29, 1.82) is 0 Å². The second-order valence-corrected chi connectivity index (χ2v) is 5.82. The molecule has 0 radical (unpaired) electrons. The molecule has 3 rings (SSSR count). The van der Waals surface area contributed by atoms with Crippen LogP contribution in [-0.2, 0) is 4.74 Å². The number of nitrogens with two attached hydrogens (primary N) is 1. The first-order valence-corrected chi connectivity index (χ1v) is 7.82. The highest BCUT2D eigenvalue weighted by Gasteiger charge is 2.34. The van der Waals surface area contributed by atoms with E-state index in [9.17, 15) is 4.79 Å². The van der Waals surface area contributed by atoms with Gasteiger partial charge in [0.1, 0.15) is 5.75 Å². The molecule has 136 valence electrons. The fourth-order valence-electron chi connectivity index (χ4n) is 3.05. The van der Waals surface area contributed by atoms with Crippen LogP contribution < -0.4 is 15.8 Å². The van der Waals surface area contributed by atoms with Crippen molar-refractivity contribution >= 4 is 30.7 Å². The molecule has 6 nitrogen and oxygen atoms in total. The Morgan fingerprint density at radius 1 is 1.29 bits per heavy atom. The van der Waals surface area contributed by atoms with Gasteiger partial charge in [0, 0.05) is 37.8 Å². The molecular formula is C16H25Cl2N3O3. The molecule has 0 bridgehead atoms. The summed E-state index contributed by atoms with van der Waals surface area (Å²) in [7, 11) is 0. The van der Waals surface area contributed by atoms with Gasteiger partial charge in [-0.2, -0.15) is 0 Å². The fraction of sp³-hybridized carbons (Fsp3) is 0.562. The lowest BCUT2D eigenvalue weighted by Crippen LogP contribution is -2.47. The maximum absolute atomic E-state index is 11.0. The predicted octanol–water partition coefficient (Wildman–Crippen LogP) is 1.07. The maximum atomic E-state index is 11.0. The van der Waals surface area contributed by atoms with Crippen molar-refractivity contribution in [3.63, 3.8) is 0 Å². The Hall–Kier alpha value is -1.05. The topological polar surface area (TPSA) is 76.8 Å². The number of rotatable bonds is 6. The van der Waals surface area contributed by atoms with E-state index < -0.39 is 5.91 Å². The number of carbonyl (C=O) groups excluding carboxylic acids is 1. The molecule has 2 aliphatic rings. The zero-order valence-electron chi connectivity index (χ0n) is 13.5. The van der Waals surface area contributed by atoms with E-state index in [2.05, 4.69) is 10.2 Å². The van der Waals surface area contributed by atoms with Gasteiger partial charge in [-0.3, -0.25) is 9.69 Å². The van der Waals surface area contributed by atoms with Gasteiger partial charge in [-0.05, 0) is 30.7 Å². The molecule has 3 N–H and O–H groups in total. The molecule has 2 aliphatic heterocycles. The van der Waals surface area contributed by atoms with Gasteiger partial charge < -0.3 is 20.5 Å². The summed E-state index contributed by atoms with van der Waals surface area (Å²) in [6.07, 6.45) is 1.31. The van der Waals surface area contributed by atoms with Crippen LogP contribution in [0.15, 0.2) is 24.3 Å². The first-order valence-electron chi connectivity index (χ1n) is 7.82. The molecule has 1 aromatic rings. The normalized spacial score (nSPS) is 22.8. The van der Waals surface area contributed by atoms with Crippen LogP contribution >= 0.6 is 24.8 Å². The molecule has 2 atom stereocenters. The molecule has 1 amide bonds. The highest BCUT2D eigenvalue weighted by molar-refractivity contribution is 5.92. The van der Waals surface area contributed by atoms with E-state index >= 15 is 0 Å². The van der Waals surface area contributed by atoms with Gasteiger partial charge in [0.2, 0.25) is 5.91 Å². The molecule has 2 heterocycles. The monoisotopic (exact) mass is 377 g/mol. The Kier molecular flexibility index (Phi) is 8.80. The lowest BCUT2D eigenvalue weighted by atomic mass is 10.2. The molecule has 0 saturated carbocycles. The molecule has 0 aromatic heterocycles. The van der Waals surface area contributed by atoms with Gasteiger partial charge in [-0.1, -0.05) is 0 Å². The number of hydrogen-bond acceptors (Lipinski definition) is 5. The minimum atomic E-state index is -0.419. The molecule has 24 heavy (non-hydrogen) atoms. The Labute approximate surface area is 154 Å². The molecular weight excluding hydrogens is 353 g/mol. The molecule has 0 aliphatic carbocycles. The van der Waals surface area contributed by atoms with Gasteiger partial charge >= 0.3 is 0 Å². The van der Waals surface area contributed by atoms with E-state index in [4.69, 9.17) is 15.2 Å². The number of benzene rings is 1. The number of primary amides is 1. The number of hydrogen-bond donors (Lipinski definition) is 2. The first-order chi connectivity index (χ1) is 10.7. The second kappa shape index (κ2) is 10.1. The number of halogens is 2. The SMILES string of the molecule is Cl.Cl.NC(=O)c1ccc(OCCCN2C[C@@H]3NCCO[C@H]3C2)cc1. The van der Waals surface area contributed by atoms with Gasteiger partial charge in [0.15, 0.2) is 0 Å². The van der Waals surface area contributed by atoms with E-state index in [0.29, 0.717) is 24.3 Å². The fourth-order valence-corrected chi connectivity index (χ4v) is 3.05. The average Bonchev–Trinajstić information content (AvgIpc) is 2.95. The summed E-state index contributed by atoms with van der Waals surface area (Å²) < 4.78 is 11.5. The Bertz CT molecular complexity index is 502. The standard InChI is InChI=1S/C16H23N3O3.2ClH/c17-16(20)12-2-4-13(5-3-12)21-8-1-7-19-10-14-15(11-19)22-9-6-18-14;;/h2-5,14-15,18H,1,6-11H2,(H2,17,20);2*1H/t14-,15-;;/m0../s1. The first kappa shape index (κ1) is 21.0. The maximum Gasteiger partial charge on any atom is 0.248 e. The summed E-state index contributed by atoms with van der Waals surface area (Å²) in [4.78, 5) is 13.4. The van der Waals surface area contributed by atoms with Crippen molar-refractivity contribution in [3.8, 4) is 5.75 Å². The summed E-state index contributed by atoms with van der Waals surface area (Å²) in [6, 6.07) is 7.42. The van der Waals surface area contributed by atoms with E-state index in [0.717, 1.165) is 45.0 Å². The largest absolute Gasteiger partial charge is 0.494 e. The molecule has 0 unspecified atom stereocenters. The Morgan fingerprint density at radius 3 is 2.71 bits per heavy atom. The van der Waals surface area contributed by atoms with Crippen LogP contribution in [0, 0.1) is 0 Å². The molecule has 0 spiro atoms. The number of morpholine rings is 1. The van der Waals surface area contributed by atoms with Crippen LogP contribution in [0.25, 0.3) is 0 Å². The van der Waals surface area contributed by atoms with Crippen molar-refractivity contribution in [1.82, 2.24) is 10.2 Å². The van der Waals surface area contributed by atoms with Crippen molar-refractivity contribution < 1.29 is 14.3 Å². The van der Waals surface area contributed by atoms with Crippen molar-refractivity contribution in [2.45, 2.75) is 18.6 Å². The number of nitrogens with one attached hydrogen (secondary N) is 1. The van der Waals surface area contributed by atoms with Crippen LogP contribution in [0.4, 0.5) is 0 Å². The second-order valence-electron chi connectivity index (χ2n) is 5.82. The summed E-state index contributed by atoms with van der Waals surface area (Å²) in [5, 5.41) is 3.51. The van der Waals surface area contributed by atoms with Crippen LogP contribution in [0.3, 0.4) is 0 Å². The summed E-state index contributed by atoms with van der Waals surface area (Å²) >= 11 is 0. The zero-order chi connectivity index (χ0) is 15.4. The zero-order valence-corrected chi connectivity index (χ0v) is 15.1. The Morgan fingerprint density at radius 2 is 2.04 bits per heavy atom. The number of amides is 1. The van der Waals surface area contributed by atoms with Crippen LogP contribution in [0.2, 0.25) is 0 Å². The van der Waals surface area contributed by atoms with Crippen LogP contribution in [0.1, 0.15) is 16.8 Å². The lowest BCUT2D eigenvalue weighted by Gasteiger charge is -2.25. The van der Waals surface area contributed by atoms with Gasteiger partial charge in [-0.15, -0.1) is 24.8 Å². The highest BCUT2D eigenvalue weighted by atomic mass is 35.5. The summed E-state index contributed by atoms with van der Waals surface area (Å²) in [5.41, 5.74) is 5.70. The van der Waals surface area contributed by atoms with E-state index in [-0.39, 0.29) is 24.8 Å². The minimum absolute atomic E-state index is 0. The molecule has 2 saturated heterocycles. The smallest absolute Gasteiger partial charge is 0.248 e. The van der Waals surface area contributed by atoms with Crippen LogP contribution in [-0.4, -0.2) is 62.3 Å². The quantitative estimate of drug-likeness (QED) is 0.725. The lowest BCUT2D eigenvalue weighted by molar-refractivity contribution is 0.0176. The number of likely N-dealkylation sites (tertiary alicyclic amines) is 1. The van der Waals surface area contributed by atoms with E-state index in [1.807, 2.05) is 0 Å². The minimum Gasteiger partial charge on any atom is -0.494 e. The highest BCUT2D eigenvalue weighted by Crippen LogP contribution is 2.17. The van der Waals surface area contributed by atoms with Gasteiger partial charge in [0.25, 0.3) is 0 Å². The van der Waals surface area contributed by atoms with Crippen molar-refractivity contribution in [2.75, 3.05) is 39.4 Å². The number of nitrogens with zero attached hydrogens (tertiary/aromatic N) is 1. The third kappa shape index (κ3) is 5.50. The third-order valence-corrected chi connectivity index (χ3v) is 4.21. The van der Waals surface area contributed by atoms with Crippen molar-refractivity contribution in [3.05, 3.63) is 29.8 Å². The van der Waals surface area contributed by atoms with E-state index in [1.165, 1.54) is 0 Å². The third-order valence-electron chi connectivity index (χ3n) is 4.21. The van der Waals surface area contributed by atoms with Gasteiger partial charge in [-0.25, -0.2) is 0 Å². The number of fused-ring (bicyclic) bond motifs is 1. The molecule has 2 fully saturated rings. The Balaban J connectivity index is 0.00000144. The molecule has 1 aromatic carbocycles. The van der Waals surface area contributed by atoms with Crippen LogP contribution in [0.5, 0.6) is 5.75 Å². The van der Waals surface area contributed by atoms with Gasteiger partial charge in [0.05, 0.1) is 19.3 Å². The summed E-state index contributed by atoms with van der Waals surface area (Å²) in [5.74, 6) is 0.350. The molecule has 8 heteroatoms. The summed E-state index contributed by atoms with van der Waals surface area (Å²) in [6.45, 7) is 5.51.